The lowest BCUT2D eigenvalue weighted by atomic mass is 10.1. The summed E-state index contributed by atoms with van der Waals surface area (Å²) in [6.07, 6.45) is 2.63. The van der Waals surface area contributed by atoms with E-state index in [1.165, 1.54) is 4.88 Å². The molecule has 90 valence electrons. The van der Waals surface area contributed by atoms with Gasteiger partial charge in [-0.2, -0.15) is 0 Å². The first-order valence-electron chi connectivity index (χ1n) is 5.43. The highest BCUT2D eigenvalue weighted by atomic mass is 79.9. The van der Waals surface area contributed by atoms with E-state index in [1.807, 2.05) is 19.1 Å². The first kappa shape index (κ1) is 12.6. The van der Waals surface area contributed by atoms with Gasteiger partial charge in [-0.1, -0.05) is 22.4 Å². The third-order valence-electron chi connectivity index (χ3n) is 2.99. The number of alkyl halides is 1. The van der Waals surface area contributed by atoms with E-state index in [0.717, 1.165) is 24.1 Å². The fraction of sp³-hybridized carbons (Fsp3) is 0.636. The molecule has 1 aliphatic heterocycles. The van der Waals surface area contributed by atoms with Crippen LogP contribution in [0.15, 0.2) is 12.1 Å². The van der Waals surface area contributed by atoms with E-state index < -0.39 is 9.84 Å². The van der Waals surface area contributed by atoms with Gasteiger partial charge in [-0.15, -0.1) is 11.3 Å². The molecule has 16 heavy (non-hydrogen) atoms. The van der Waals surface area contributed by atoms with Crippen molar-refractivity contribution in [3.63, 3.8) is 0 Å². The van der Waals surface area contributed by atoms with Crippen LogP contribution in [-0.4, -0.2) is 19.4 Å². The SMILES string of the molecule is Cc1ccc(C(Br)C2CCCCS2(=O)=O)s1. The summed E-state index contributed by atoms with van der Waals surface area (Å²) in [5.74, 6) is 0.351. The van der Waals surface area contributed by atoms with Crippen LogP contribution in [0, 0.1) is 6.92 Å². The lowest BCUT2D eigenvalue weighted by molar-refractivity contribution is 0.538. The maximum Gasteiger partial charge on any atom is 0.154 e. The molecule has 2 unspecified atom stereocenters. The summed E-state index contributed by atoms with van der Waals surface area (Å²) in [5, 5.41) is -0.237. The van der Waals surface area contributed by atoms with E-state index in [9.17, 15) is 8.42 Å². The van der Waals surface area contributed by atoms with E-state index in [2.05, 4.69) is 15.9 Å². The van der Waals surface area contributed by atoms with E-state index in [1.54, 1.807) is 11.3 Å². The van der Waals surface area contributed by atoms with Crippen LogP contribution in [0.2, 0.25) is 0 Å². The van der Waals surface area contributed by atoms with Gasteiger partial charge in [0.15, 0.2) is 9.84 Å². The van der Waals surface area contributed by atoms with Crippen molar-refractivity contribution in [3.8, 4) is 0 Å². The van der Waals surface area contributed by atoms with Crippen LogP contribution >= 0.6 is 27.3 Å². The minimum atomic E-state index is -2.90. The Hall–Kier alpha value is 0.130. The Kier molecular flexibility index (Phi) is 3.76. The molecule has 5 heteroatoms. The van der Waals surface area contributed by atoms with Crippen molar-refractivity contribution in [3.05, 3.63) is 21.9 Å². The highest BCUT2D eigenvalue weighted by Crippen LogP contribution is 2.39. The quantitative estimate of drug-likeness (QED) is 0.781. The standard InChI is InChI=1S/C11H15BrO2S2/c1-8-5-6-9(15-8)11(12)10-4-2-3-7-16(10,13)14/h5-6,10-11H,2-4,7H2,1H3. The molecule has 2 heterocycles. The lowest BCUT2D eigenvalue weighted by Gasteiger charge is -2.25. The highest BCUT2D eigenvalue weighted by molar-refractivity contribution is 9.09. The third-order valence-corrected chi connectivity index (χ3v) is 8.14. The molecule has 1 aliphatic rings. The Labute approximate surface area is 109 Å². The summed E-state index contributed by atoms with van der Waals surface area (Å²) < 4.78 is 24.0. The summed E-state index contributed by atoms with van der Waals surface area (Å²) in [7, 11) is -2.90. The Balaban J connectivity index is 2.24. The van der Waals surface area contributed by atoms with Gasteiger partial charge < -0.3 is 0 Å². The number of halogens is 1. The van der Waals surface area contributed by atoms with Crippen LogP contribution in [0.3, 0.4) is 0 Å². The zero-order chi connectivity index (χ0) is 11.8. The fourth-order valence-corrected chi connectivity index (χ4v) is 6.73. The Morgan fingerprint density at radius 3 is 2.75 bits per heavy atom. The van der Waals surface area contributed by atoms with Crippen LogP contribution in [0.4, 0.5) is 0 Å². The third kappa shape index (κ3) is 2.51. The first-order valence-corrected chi connectivity index (χ1v) is 8.87. The molecule has 1 aromatic heterocycles. The predicted octanol–water partition coefficient (Wildman–Crippen LogP) is 3.46. The predicted molar refractivity (Wildman–Crippen MR) is 72.1 cm³/mol. The molecule has 0 spiro atoms. The van der Waals surface area contributed by atoms with Gasteiger partial charge in [0, 0.05) is 9.75 Å². The maximum absolute atomic E-state index is 12.0. The first-order chi connectivity index (χ1) is 7.50. The molecule has 1 saturated heterocycles. The number of hydrogen-bond donors (Lipinski definition) is 0. The van der Waals surface area contributed by atoms with Crippen molar-refractivity contribution < 1.29 is 8.42 Å². The maximum atomic E-state index is 12.0. The van der Waals surface area contributed by atoms with Crippen LogP contribution in [0.25, 0.3) is 0 Å². The minimum absolute atomic E-state index is 0.0310. The topological polar surface area (TPSA) is 34.1 Å². The van der Waals surface area contributed by atoms with E-state index >= 15 is 0 Å². The van der Waals surface area contributed by atoms with Gasteiger partial charge in [0.2, 0.25) is 0 Å². The van der Waals surface area contributed by atoms with E-state index in [0.29, 0.717) is 5.75 Å². The average molecular weight is 323 g/mol. The zero-order valence-electron chi connectivity index (χ0n) is 9.15. The molecule has 2 nitrogen and oxygen atoms in total. The summed E-state index contributed by atoms with van der Waals surface area (Å²) >= 11 is 5.25. The second kappa shape index (κ2) is 4.78. The fourth-order valence-electron chi connectivity index (χ4n) is 2.09. The van der Waals surface area contributed by atoms with Crippen LogP contribution in [0.5, 0.6) is 0 Å². The smallest absolute Gasteiger partial charge is 0.154 e. The van der Waals surface area contributed by atoms with Gasteiger partial charge in [0.05, 0.1) is 15.8 Å². The van der Waals surface area contributed by atoms with Crippen molar-refractivity contribution >= 4 is 37.1 Å². The number of sulfone groups is 1. The summed E-state index contributed by atoms with van der Waals surface area (Å²) in [6.45, 7) is 2.04. The molecular weight excluding hydrogens is 308 g/mol. The number of hydrogen-bond acceptors (Lipinski definition) is 3. The van der Waals surface area contributed by atoms with Gasteiger partial charge in [0.1, 0.15) is 0 Å². The van der Waals surface area contributed by atoms with Crippen molar-refractivity contribution in [2.75, 3.05) is 5.75 Å². The Bertz CT molecular complexity index is 464. The molecule has 0 saturated carbocycles. The summed E-state index contributed by atoms with van der Waals surface area (Å²) in [5.41, 5.74) is 0. The lowest BCUT2D eigenvalue weighted by Crippen LogP contribution is -2.31. The number of aryl methyl sites for hydroxylation is 1. The van der Waals surface area contributed by atoms with Gasteiger partial charge in [-0.05, 0) is 31.9 Å². The molecule has 0 bridgehead atoms. The largest absolute Gasteiger partial charge is 0.228 e. The van der Waals surface area contributed by atoms with Gasteiger partial charge in [-0.25, -0.2) is 8.42 Å². The van der Waals surface area contributed by atoms with Gasteiger partial charge >= 0.3 is 0 Å². The second-order valence-corrected chi connectivity index (χ2v) is 8.90. The van der Waals surface area contributed by atoms with Crippen molar-refractivity contribution in [1.82, 2.24) is 0 Å². The van der Waals surface area contributed by atoms with Gasteiger partial charge in [0.25, 0.3) is 0 Å². The molecule has 0 aromatic carbocycles. The summed E-state index contributed by atoms with van der Waals surface area (Å²) in [4.78, 5) is 2.33. The zero-order valence-corrected chi connectivity index (χ0v) is 12.4. The van der Waals surface area contributed by atoms with Crippen molar-refractivity contribution in [2.24, 2.45) is 0 Å². The molecule has 0 N–H and O–H groups in total. The van der Waals surface area contributed by atoms with E-state index in [-0.39, 0.29) is 10.1 Å². The van der Waals surface area contributed by atoms with Crippen LogP contribution < -0.4 is 0 Å². The Morgan fingerprint density at radius 1 is 1.44 bits per heavy atom. The number of thiophene rings is 1. The normalized spacial score (nSPS) is 26.5. The molecule has 2 rings (SSSR count). The number of rotatable bonds is 2. The molecule has 0 radical (unpaired) electrons. The monoisotopic (exact) mass is 322 g/mol. The molecule has 0 aliphatic carbocycles. The molecular formula is C11H15BrO2S2. The highest BCUT2D eigenvalue weighted by Gasteiger charge is 2.35. The molecule has 1 fully saturated rings. The Morgan fingerprint density at radius 2 is 2.19 bits per heavy atom. The second-order valence-electron chi connectivity index (χ2n) is 4.25. The summed E-state index contributed by atoms with van der Waals surface area (Å²) in [6, 6.07) is 4.08. The molecule has 2 atom stereocenters. The van der Waals surface area contributed by atoms with Crippen molar-refractivity contribution in [2.45, 2.75) is 36.3 Å². The van der Waals surface area contributed by atoms with Crippen LogP contribution in [-0.2, 0) is 9.84 Å². The van der Waals surface area contributed by atoms with Gasteiger partial charge in [-0.3, -0.25) is 0 Å². The van der Waals surface area contributed by atoms with Crippen molar-refractivity contribution in [1.29, 1.82) is 0 Å². The molecule has 0 amide bonds. The van der Waals surface area contributed by atoms with Crippen LogP contribution in [0.1, 0.15) is 33.8 Å². The molecule has 1 aromatic rings. The minimum Gasteiger partial charge on any atom is -0.228 e. The average Bonchev–Trinajstić information content (AvgIpc) is 2.63. The van der Waals surface area contributed by atoms with E-state index in [4.69, 9.17) is 0 Å².